The van der Waals surface area contributed by atoms with Crippen LogP contribution in [0.4, 0.5) is 5.69 Å². The molecule has 3 heteroatoms. The number of hydrogen-bond donors (Lipinski definition) is 1. The van der Waals surface area contributed by atoms with Gasteiger partial charge in [0.2, 0.25) is 5.91 Å². The minimum absolute atomic E-state index is 0.0540. The first-order valence-corrected chi connectivity index (χ1v) is 5.24. The smallest absolute Gasteiger partial charge is 0.221 e. The quantitative estimate of drug-likeness (QED) is 0.819. The number of benzene rings is 1. The summed E-state index contributed by atoms with van der Waals surface area (Å²) in [4.78, 5) is 10.8. The second kappa shape index (κ2) is 4.34. The third-order valence-electron chi connectivity index (χ3n) is 2.36. The molecule has 0 saturated heterocycles. The summed E-state index contributed by atoms with van der Waals surface area (Å²) in [5.41, 5.74) is 0.807. The van der Waals surface area contributed by atoms with E-state index in [0.29, 0.717) is 0 Å². The summed E-state index contributed by atoms with van der Waals surface area (Å²) in [6.45, 7) is 2.32. The summed E-state index contributed by atoms with van der Waals surface area (Å²) in [5.74, 6) is 1.58. The minimum atomic E-state index is -0.0540. The van der Waals surface area contributed by atoms with Gasteiger partial charge in [-0.25, -0.2) is 0 Å². The normalized spacial score (nSPS) is 14.7. The molecule has 1 aliphatic rings. The molecular weight excluding hydrogens is 190 g/mol. The Morgan fingerprint density at radius 3 is 2.60 bits per heavy atom. The molecule has 0 bridgehead atoms. The molecular formula is C12H15NO2. The summed E-state index contributed by atoms with van der Waals surface area (Å²) >= 11 is 0. The summed E-state index contributed by atoms with van der Waals surface area (Å²) in [6, 6.07) is 7.47. The molecule has 0 spiro atoms. The summed E-state index contributed by atoms with van der Waals surface area (Å²) in [6.07, 6.45) is 2.59. The summed E-state index contributed by atoms with van der Waals surface area (Å²) in [5, 5.41) is 2.71. The fraction of sp³-hybridized carbons (Fsp3) is 0.417. The van der Waals surface area contributed by atoms with Crippen molar-refractivity contribution in [2.24, 2.45) is 5.92 Å². The number of anilines is 1. The van der Waals surface area contributed by atoms with Crippen LogP contribution in [0, 0.1) is 5.92 Å². The van der Waals surface area contributed by atoms with Gasteiger partial charge < -0.3 is 10.1 Å². The van der Waals surface area contributed by atoms with Gasteiger partial charge in [0.1, 0.15) is 5.75 Å². The Balaban J connectivity index is 1.87. The zero-order chi connectivity index (χ0) is 10.7. The number of hydrogen-bond acceptors (Lipinski definition) is 2. The first-order chi connectivity index (χ1) is 7.24. The van der Waals surface area contributed by atoms with Crippen LogP contribution in [0.3, 0.4) is 0 Å². The van der Waals surface area contributed by atoms with E-state index in [4.69, 9.17) is 4.74 Å². The fourth-order valence-corrected chi connectivity index (χ4v) is 1.34. The highest BCUT2D eigenvalue weighted by molar-refractivity contribution is 5.88. The molecule has 1 fully saturated rings. The van der Waals surface area contributed by atoms with Crippen molar-refractivity contribution >= 4 is 11.6 Å². The Morgan fingerprint density at radius 2 is 2.07 bits per heavy atom. The molecule has 15 heavy (non-hydrogen) atoms. The van der Waals surface area contributed by atoms with Gasteiger partial charge in [0.25, 0.3) is 0 Å². The largest absolute Gasteiger partial charge is 0.493 e. The van der Waals surface area contributed by atoms with E-state index >= 15 is 0 Å². The molecule has 2 rings (SSSR count). The van der Waals surface area contributed by atoms with Crippen LogP contribution in [0.5, 0.6) is 5.75 Å². The van der Waals surface area contributed by atoms with Crippen LogP contribution in [0.15, 0.2) is 24.3 Å². The van der Waals surface area contributed by atoms with Crippen molar-refractivity contribution < 1.29 is 9.53 Å². The molecule has 3 nitrogen and oxygen atoms in total. The van der Waals surface area contributed by atoms with Crippen molar-refractivity contribution in [3.05, 3.63) is 24.3 Å². The number of ether oxygens (including phenoxy) is 1. The highest BCUT2D eigenvalue weighted by Gasteiger charge is 2.21. The monoisotopic (exact) mass is 205 g/mol. The molecule has 0 unspecified atom stereocenters. The Labute approximate surface area is 89.4 Å². The van der Waals surface area contributed by atoms with E-state index in [1.165, 1.54) is 19.8 Å². The maximum atomic E-state index is 10.8. The standard InChI is InChI=1S/C12H15NO2/c1-9(14)13-11-4-6-12(7-5-11)15-8-10-2-3-10/h4-7,10H,2-3,8H2,1H3,(H,13,14). The molecule has 1 N–H and O–H groups in total. The minimum Gasteiger partial charge on any atom is -0.493 e. The molecule has 1 aliphatic carbocycles. The topological polar surface area (TPSA) is 38.3 Å². The highest BCUT2D eigenvalue weighted by Crippen LogP contribution is 2.29. The van der Waals surface area contributed by atoms with E-state index in [-0.39, 0.29) is 5.91 Å². The van der Waals surface area contributed by atoms with Gasteiger partial charge in [-0.3, -0.25) is 4.79 Å². The molecule has 1 aromatic carbocycles. The molecule has 1 amide bonds. The van der Waals surface area contributed by atoms with Crippen LogP contribution in [0.25, 0.3) is 0 Å². The van der Waals surface area contributed by atoms with Crippen LogP contribution >= 0.6 is 0 Å². The van der Waals surface area contributed by atoms with E-state index in [1.807, 2.05) is 24.3 Å². The van der Waals surface area contributed by atoms with Crippen LogP contribution in [0.1, 0.15) is 19.8 Å². The molecule has 0 heterocycles. The first kappa shape index (κ1) is 10.0. The van der Waals surface area contributed by atoms with Gasteiger partial charge in [0.05, 0.1) is 6.61 Å². The van der Waals surface area contributed by atoms with Crippen molar-refractivity contribution in [1.29, 1.82) is 0 Å². The van der Waals surface area contributed by atoms with Crippen LogP contribution in [-0.2, 0) is 4.79 Å². The molecule has 1 saturated carbocycles. The predicted octanol–water partition coefficient (Wildman–Crippen LogP) is 2.43. The second-order valence-corrected chi connectivity index (χ2v) is 3.96. The van der Waals surface area contributed by atoms with Gasteiger partial charge in [-0.15, -0.1) is 0 Å². The zero-order valence-electron chi connectivity index (χ0n) is 8.82. The third kappa shape index (κ3) is 3.27. The molecule has 0 atom stereocenters. The van der Waals surface area contributed by atoms with Gasteiger partial charge in [-0.1, -0.05) is 0 Å². The number of amides is 1. The zero-order valence-corrected chi connectivity index (χ0v) is 8.82. The maximum absolute atomic E-state index is 10.8. The lowest BCUT2D eigenvalue weighted by atomic mass is 10.3. The molecule has 0 aliphatic heterocycles. The van der Waals surface area contributed by atoms with Crippen LogP contribution in [0.2, 0.25) is 0 Å². The Hall–Kier alpha value is -1.51. The number of nitrogens with one attached hydrogen (secondary N) is 1. The van der Waals surface area contributed by atoms with Crippen LogP contribution < -0.4 is 10.1 Å². The second-order valence-electron chi connectivity index (χ2n) is 3.96. The molecule has 0 aromatic heterocycles. The lowest BCUT2D eigenvalue weighted by molar-refractivity contribution is -0.114. The lowest BCUT2D eigenvalue weighted by Gasteiger charge is -2.06. The van der Waals surface area contributed by atoms with Crippen molar-refractivity contribution in [2.75, 3.05) is 11.9 Å². The van der Waals surface area contributed by atoms with E-state index in [2.05, 4.69) is 5.32 Å². The van der Waals surface area contributed by atoms with Gasteiger partial charge in [0, 0.05) is 12.6 Å². The number of carbonyl (C=O) groups excluding carboxylic acids is 1. The fourth-order valence-electron chi connectivity index (χ4n) is 1.34. The molecule has 1 aromatic rings. The predicted molar refractivity (Wildman–Crippen MR) is 59.0 cm³/mol. The Bertz CT molecular complexity index is 341. The summed E-state index contributed by atoms with van der Waals surface area (Å²) in [7, 11) is 0. The average Bonchev–Trinajstić information content (AvgIpc) is 2.99. The van der Waals surface area contributed by atoms with Gasteiger partial charge in [-0.05, 0) is 43.0 Å². The lowest BCUT2D eigenvalue weighted by Crippen LogP contribution is -2.05. The van der Waals surface area contributed by atoms with Crippen molar-refractivity contribution in [2.45, 2.75) is 19.8 Å². The van der Waals surface area contributed by atoms with E-state index in [1.54, 1.807) is 0 Å². The Kier molecular flexibility index (Phi) is 2.90. The summed E-state index contributed by atoms with van der Waals surface area (Å²) < 4.78 is 5.58. The van der Waals surface area contributed by atoms with Crippen molar-refractivity contribution in [3.8, 4) is 5.75 Å². The average molecular weight is 205 g/mol. The molecule has 80 valence electrons. The first-order valence-electron chi connectivity index (χ1n) is 5.24. The maximum Gasteiger partial charge on any atom is 0.221 e. The Morgan fingerprint density at radius 1 is 1.40 bits per heavy atom. The number of rotatable bonds is 4. The highest BCUT2D eigenvalue weighted by atomic mass is 16.5. The third-order valence-corrected chi connectivity index (χ3v) is 2.36. The van der Waals surface area contributed by atoms with Crippen molar-refractivity contribution in [1.82, 2.24) is 0 Å². The van der Waals surface area contributed by atoms with E-state index < -0.39 is 0 Å². The SMILES string of the molecule is CC(=O)Nc1ccc(OCC2CC2)cc1. The van der Waals surface area contributed by atoms with E-state index in [0.717, 1.165) is 24.0 Å². The van der Waals surface area contributed by atoms with Gasteiger partial charge in [0.15, 0.2) is 0 Å². The van der Waals surface area contributed by atoms with Gasteiger partial charge in [-0.2, -0.15) is 0 Å². The number of carbonyl (C=O) groups is 1. The van der Waals surface area contributed by atoms with Crippen LogP contribution in [-0.4, -0.2) is 12.5 Å². The van der Waals surface area contributed by atoms with Gasteiger partial charge >= 0.3 is 0 Å². The molecule has 0 radical (unpaired) electrons. The van der Waals surface area contributed by atoms with Crippen molar-refractivity contribution in [3.63, 3.8) is 0 Å². The van der Waals surface area contributed by atoms with E-state index in [9.17, 15) is 4.79 Å².